The summed E-state index contributed by atoms with van der Waals surface area (Å²) < 4.78 is 16.8. The minimum absolute atomic E-state index is 0.125. The highest BCUT2D eigenvalue weighted by atomic mass is 16.5. The molecule has 1 amide bonds. The zero-order chi connectivity index (χ0) is 19.6. The third-order valence-electron chi connectivity index (χ3n) is 3.42. The van der Waals surface area contributed by atoms with Gasteiger partial charge >= 0.3 is 0 Å². The lowest BCUT2D eigenvalue weighted by molar-refractivity contribution is 0.0954. The molecule has 0 atom stereocenters. The van der Waals surface area contributed by atoms with E-state index < -0.39 is 5.91 Å². The fourth-order valence-electron chi connectivity index (χ4n) is 2.35. The molecule has 0 aliphatic heterocycles. The summed E-state index contributed by atoms with van der Waals surface area (Å²) in [5.74, 6) is 1.05. The number of rotatable bonds is 9. The minimum Gasteiger partial charge on any atom is -0.508 e. The largest absolute Gasteiger partial charge is 0.508 e. The maximum absolute atomic E-state index is 12.5. The first-order valence-electron chi connectivity index (χ1n) is 8.77. The lowest BCUT2D eigenvalue weighted by Gasteiger charge is -2.16. The summed E-state index contributed by atoms with van der Waals surface area (Å²) in [5.41, 5.74) is 3.45. The van der Waals surface area contributed by atoms with Crippen molar-refractivity contribution in [3.05, 3.63) is 47.5 Å². The Labute approximate surface area is 158 Å². The van der Waals surface area contributed by atoms with Gasteiger partial charge in [-0.1, -0.05) is 12.1 Å². The van der Waals surface area contributed by atoms with Crippen molar-refractivity contribution in [2.45, 2.75) is 20.8 Å². The number of nitrogens with zero attached hydrogens (tertiary/aromatic N) is 1. The van der Waals surface area contributed by atoms with Crippen molar-refractivity contribution >= 4 is 12.1 Å². The van der Waals surface area contributed by atoms with E-state index in [0.29, 0.717) is 48.2 Å². The van der Waals surface area contributed by atoms with Crippen LogP contribution < -0.4 is 19.6 Å². The predicted octanol–water partition coefficient (Wildman–Crippen LogP) is 3.35. The second-order valence-electron chi connectivity index (χ2n) is 5.39. The van der Waals surface area contributed by atoms with Gasteiger partial charge in [0.15, 0.2) is 11.5 Å². The number of aromatic hydroxyl groups is 1. The van der Waals surface area contributed by atoms with Crippen molar-refractivity contribution in [2.24, 2.45) is 5.10 Å². The van der Waals surface area contributed by atoms with E-state index >= 15 is 0 Å². The van der Waals surface area contributed by atoms with Crippen molar-refractivity contribution in [1.82, 2.24) is 5.43 Å². The molecule has 0 spiro atoms. The zero-order valence-corrected chi connectivity index (χ0v) is 15.7. The molecule has 0 radical (unpaired) electrons. The van der Waals surface area contributed by atoms with Crippen LogP contribution in [0.1, 0.15) is 36.7 Å². The minimum atomic E-state index is -0.420. The van der Waals surface area contributed by atoms with Crippen molar-refractivity contribution in [3.8, 4) is 23.0 Å². The van der Waals surface area contributed by atoms with Gasteiger partial charge in [0.25, 0.3) is 5.91 Å². The van der Waals surface area contributed by atoms with Crippen molar-refractivity contribution in [1.29, 1.82) is 0 Å². The molecular formula is C20H24N2O5. The van der Waals surface area contributed by atoms with Crippen LogP contribution in [0.3, 0.4) is 0 Å². The third-order valence-corrected chi connectivity index (χ3v) is 3.42. The fraction of sp³-hybridized carbons (Fsp3) is 0.300. The van der Waals surface area contributed by atoms with Gasteiger partial charge in [-0.15, -0.1) is 0 Å². The quantitative estimate of drug-likeness (QED) is 0.520. The number of nitrogens with one attached hydrogen (secondary N) is 1. The first-order valence-corrected chi connectivity index (χ1v) is 8.77. The van der Waals surface area contributed by atoms with E-state index in [-0.39, 0.29) is 5.75 Å². The van der Waals surface area contributed by atoms with Crippen LogP contribution in [-0.4, -0.2) is 37.0 Å². The number of amides is 1. The van der Waals surface area contributed by atoms with Crippen LogP contribution in [0.15, 0.2) is 41.5 Å². The smallest absolute Gasteiger partial charge is 0.271 e. The number of phenolic OH excluding ortho intramolecular Hbond substituents is 1. The SMILES string of the molecule is CCOc1cc(C(=O)N/N=C\c2cccc(O)c2)cc(OCC)c1OCC. The molecule has 2 rings (SSSR count). The Bertz CT molecular complexity index is 778. The molecule has 0 unspecified atom stereocenters. The number of carbonyl (C=O) groups is 1. The Kier molecular flexibility index (Phi) is 7.49. The molecule has 0 heterocycles. The van der Waals surface area contributed by atoms with E-state index in [9.17, 15) is 9.90 Å². The van der Waals surface area contributed by atoms with Crippen LogP contribution in [0.25, 0.3) is 0 Å². The first-order chi connectivity index (χ1) is 13.1. The van der Waals surface area contributed by atoms with Gasteiger partial charge in [-0.2, -0.15) is 5.10 Å². The van der Waals surface area contributed by atoms with E-state index in [0.717, 1.165) is 0 Å². The molecular weight excluding hydrogens is 348 g/mol. The summed E-state index contributed by atoms with van der Waals surface area (Å²) in [6.45, 7) is 6.85. The van der Waals surface area contributed by atoms with Crippen LogP contribution in [0.4, 0.5) is 0 Å². The number of hydrogen-bond donors (Lipinski definition) is 2. The van der Waals surface area contributed by atoms with Crippen molar-refractivity contribution in [2.75, 3.05) is 19.8 Å². The Morgan fingerprint density at radius 2 is 1.67 bits per heavy atom. The van der Waals surface area contributed by atoms with Gasteiger partial charge in [-0.05, 0) is 50.6 Å². The number of hydrogen-bond acceptors (Lipinski definition) is 6. The normalized spacial score (nSPS) is 10.6. The van der Waals surface area contributed by atoms with E-state index in [2.05, 4.69) is 10.5 Å². The standard InChI is InChI=1S/C20H24N2O5/c1-4-25-17-11-15(12-18(26-5-2)19(17)27-6-3)20(24)22-21-13-14-8-7-9-16(23)10-14/h7-13,23H,4-6H2,1-3H3,(H,22,24)/b21-13-. The highest BCUT2D eigenvalue weighted by Crippen LogP contribution is 2.39. The molecule has 144 valence electrons. The number of hydrazone groups is 1. The van der Waals surface area contributed by atoms with Gasteiger partial charge in [0, 0.05) is 5.56 Å². The lowest BCUT2D eigenvalue weighted by atomic mass is 10.1. The summed E-state index contributed by atoms with van der Waals surface area (Å²) in [6.07, 6.45) is 1.44. The highest BCUT2D eigenvalue weighted by Gasteiger charge is 2.18. The van der Waals surface area contributed by atoms with Crippen LogP contribution in [0, 0.1) is 0 Å². The number of phenols is 1. The van der Waals surface area contributed by atoms with E-state index in [4.69, 9.17) is 14.2 Å². The molecule has 0 saturated heterocycles. The van der Waals surface area contributed by atoms with Crippen LogP contribution >= 0.6 is 0 Å². The van der Waals surface area contributed by atoms with E-state index in [1.165, 1.54) is 12.3 Å². The Hall–Kier alpha value is -3.22. The monoisotopic (exact) mass is 372 g/mol. The molecule has 2 aromatic carbocycles. The zero-order valence-electron chi connectivity index (χ0n) is 15.7. The van der Waals surface area contributed by atoms with E-state index in [1.807, 2.05) is 20.8 Å². The maximum atomic E-state index is 12.5. The average molecular weight is 372 g/mol. The van der Waals surface area contributed by atoms with Crippen LogP contribution in [0.2, 0.25) is 0 Å². The number of carbonyl (C=O) groups excluding carboxylic acids is 1. The molecule has 7 heteroatoms. The lowest BCUT2D eigenvalue weighted by Crippen LogP contribution is -2.18. The number of ether oxygens (including phenoxy) is 3. The molecule has 0 aromatic heterocycles. The predicted molar refractivity (Wildman–Crippen MR) is 103 cm³/mol. The fourth-order valence-corrected chi connectivity index (χ4v) is 2.35. The second-order valence-corrected chi connectivity index (χ2v) is 5.39. The van der Waals surface area contributed by atoms with Gasteiger partial charge in [-0.25, -0.2) is 5.43 Å². The van der Waals surface area contributed by atoms with Gasteiger partial charge in [0.1, 0.15) is 5.75 Å². The van der Waals surface area contributed by atoms with Gasteiger partial charge in [-0.3, -0.25) is 4.79 Å². The second kappa shape index (κ2) is 10.1. The summed E-state index contributed by atoms with van der Waals surface area (Å²) in [5, 5.41) is 13.4. The van der Waals surface area contributed by atoms with Gasteiger partial charge < -0.3 is 19.3 Å². The Balaban J connectivity index is 2.23. The topological polar surface area (TPSA) is 89.4 Å². The maximum Gasteiger partial charge on any atom is 0.271 e. The third kappa shape index (κ3) is 5.64. The molecule has 2 aromatic rings. The molecule has 0 aliphatic rings. The Morgan fingerprint density at radius 3 is 2.22 bits per heavy atom. The molecule has 7 nitrogen and oxygen atoms in total. The van der Waals surface area contributed by atoms with Gasteiger partial charge in [0.2, 0.25) is 5.75 Å². The van der Waals surface area contributed by atoms with Crippen molar-refractivity contribution in [3.63, 3.8) is 0 Å². The molecule has 2 N–H and O–H groups in total. The summed E-state index contributed by atoms with van der Waals surface area (Å²) in [6, 6.07) is 9.72. The molecule has 0 aliphatic carbocycles. The van der Waals surface area contributed by atoms with Crippen LogP contribution in [0.5, 0.6) is 23.0 Å². The molecule has 0 fully saturated rings. The first kappa shape index (κ1) is 20.1. The summed E-state index contributed by atoms with van der Waals surface area (Å²) >= 11 is 0. The molecule has 0 saturated carbocycles. The molecule has 0 bridgehead atoms. The number of benzene rings is 2. The summed E-state index contributed by atoms with van der Waals surface area (Å²) in [7, 11) is 0. The van der Waals surface area contributed by atoms with Crippen LogP contribution in [-0.2, 0) is 0 Å². The average Bonchev–Trinajstić information content (AvgIpc) is 2.64. The highest BCUT2D eigenvalue weighted by molar-refractivity contribution is 5.96. The van der Waals surface area contributed by atoms with E-state index in [1.54, 1.807) is 30.3 Å². The van der Waals surface area contributed by atoms with Gasteiger partial charge in [0.05, 0.1) is 26.0 Å². The Morgan fingerprint density at radius 1 is 1.04 bits per heavy atom. The molecule has 27 heavy (non-hydrogen) atoms. The summed E-state index contributed by atoms with van der Waals surface area (Å²) in [4.78, 5) is 12.5. The van der Waals surface area contributed by atoms with Crippen molar-refractivity contribution < 1.29 is 24.1 Å².